The number of anilines is 1. The van der Waals surface area contributed by atoms with Crippen LogP contribution in [0.25, 0.3) is 10.9 Å². The molecule has 3 heterocycles. The Morgan fingerprint density at radius 2 is 2.00 bits per heavy atom. The molecule has 2 aromatic heterocycles. The van der Waals surface area contributed by atoms with Crippen molar-refractivity contribution in [2.45, 2.75) is 51.7 Å². The molecule has 1 aromatic carbocycles. The topological polar surface area (TPSA) is 80.1 Å². The Labute approximate surface area is 200 Å². The molecule has 0 spiro atoms. The molecule has 0 unspecified atom stereocenters. The zero-order valence-corrected chi connectivity index (χ0v) is 19.6. The number of rotatable bonds is 6. The lowest BCUT2D eigenvalue weighted by molar-refractivity contribution is -0.129. The van der Waals surface area contributed by atoms with Crippen LogP contribution in [0.15, 0.2) is 47.9 Å². The van der Waals surface area contributed by atoms with Crippen LogP contribution in [-0.2, 0) is 4.79 Å². The van der Waals surface area contributed by atoms with Gasteiger partial charge >= 0.3 is 0 Å². The van der Waals surface area contributed by atoms with E-state index < -0.39 is 23.8 Å². The second-order valence-corrected chi connectivity index (χ2v) is 8.76. The molecule has 4 rings (SSSR count). The molecule has 35 heavy (non-hydrogen) atoms. The molecule has 1 amide bonds. The normalized spacial score (nSPS) is 18.8. The molecule has 10 heteroatoms. The third-order valence-corrected chi connectivity index (χ3v) is 6.38. The average Bonchev–Trinajstić information content (AvgIpc) is 3.18. The van der Waals surface area contributed by atoms with Crippen LogP contribution in [0.5, 0.6) is 0 Å². The molecule has 1 N–H and O–H groups in total. The van der Waals surface area contributed by atoms with Crippen molar-refractivity contribution < 1.29 is 18.0 Å². The largest absolute Gasteiger partial charge is 0.359 e. The monoisotopic (exact) mass is 485 g/mol. The molecule has 1 fully saturated rings. The summed E-state index contributed by atoms with van der Waals surface area (Å²) < 4.78 is 42.9. The number of pyridine rings is 1. The van der Waals surface area contributed by atoms with E-state index in [4.69, 9.17) is 0 Å². The molecule has 0 saturated carbocycles. The van der Waals surface area contributed by atoms with E-state index in [0.29, 0.717) is 35.5 Å². The number of amides is 1. The molecule has 7 nitrogen and oxygen atoms in total. The van der Waals surface area contributed by atoms with Crippen LogP contribution in [0, 0.1) is 12.7 Å². The predicted octanol–water partition coefficient (Wildman–Crippen LogP) is 4.70. The Balaban J connectivity index is 1.77. The number of nitrogens with one attached hydrogen (secondary N) is 1. The number of carbonyl (C=O) groups is 1. The van der Waals surface area contributed by atoms with Crippen molar-refractivity contribution in [3.05, 3.63) is 76.2 Å². The van der Waals surface area contributed by atoms with E-state index in [1.807, 2.05) is 6.92 Å². The fraction of sp³-hybridized carbons (Fsp3) is 0.360. The fourth-order valence-electron chi connectivity index (χ4n) is 4.66. The van der Waals surface area contributed by atoms with E-state index in [2.05, 4.69) is 21.9 Å². The fourth-order valence-corrected chi connectivity index (χ4v) is 4.66. The third-order valence-electron chi connectivity index (χ3n) is 6.38. The van der Waals surface area contributed by atoms with Crippen molar-refractivity contribution in [1.29, 1.82) is 0 Å². The van der Waals surface area contributed by atoms with Crippen molar-refractivity contribution >= 4 is 22.6 Å². The van der Waals surface area contributed by atoms with Crippen molar-refractivity contribution in [3.63, 3.8) is 0 Å². The molecule has 3 atom stereocenters. The number of alkyl halides is 2. The summed E-state index contributed by atoms with van der Waals surface area (Å²) in [5, 5.41) is 3.58. The first-order valence-electron chi connectivity index (χ1n) is 11.2. The lowest BCUT2D eigenvalue weighted by Gasteiger charge is -2.21. The first-order chi connectivity index (χ1) is 16.6. The first-order valence-corrected chi connectivity index (χ1v) is 11.2. The van der Waals surface area contributed by atoms with E-state index in [9.17, 15) is 22.8 Å². The number of likely N-dealkylation sites (tertiary alicyclic amines) is 1. The number of aryl methyl sites for hydroxylation is 1. The molecule has 1 saturated heterocycles. The summed E-state index contributed by atoms with van der Waals surface area (Å²) in [7, 11) is 0. The standard InChI is InChI=1S/C25H26F3N5O2/c1-5-20(17-7-6-8-18(23(17)26)24(27)28)31-25-19-12-33(16-9-13(2)32(11-16)15(4)34)22(35)10-21(19)29-14(3)30-25/h5-8,10,12-13,16,20,24H,1,9,11H2,2-4H3,(H,29,30,31)/t13-,16+,20-/m1/s1. The van der Waals surface area contributed by atoms with Gasteiger partial charge in [0.25, 0.3) is 12.0 Å². The van der Waals surface area contributed by atoms with Crippen LogP contribution in [0.4, 0.5) is 19.0 Å². The first kappa shape index (κ1) is 24.4. The van der Waals surface area contributed by atoms with Gasteiger partial charge in [0.05, 0.1) is 28.6 Å². The average molecular weight is 486 g/mol. The number of nitrogens with zero attached hydrogens (tertiary/aromatic N) is 4. The Morgan fingerprint density at radius 1 is 1.29 bits per heavy atom. The maximum absolute atomic E-state index is 14.8. The van der Waals surface area contributed by atoms with Crippen molar-refractivity contribution in [2.24, 2.45) is 0 Å². The zero-order chi connectivity index (χ0) is 25.4. The predicted molar refractivity (Wildman–Crippen MR) is 127 cm³/mol. The Bertz CT molecular complexity index is 1360. The van der Waals surface area contributed by atoms with Gasteiger partial charge in [0.2, 0.25) is 5.91 Å². The zero-order valence-electron chi connectivity index (χ0n) is 19.6. The highest BCUT2D eigenvalue weighted by atomic mass is 19.3. The van der Waals surface area contributed by atoms with Crippen LogP contribution in [0.1, 0.15) is 55.7 Å². The second-order valence-electron chi connectivity index (χ2n) is 8.76. The van der Waals surface area contributed by atoms with Gasteiger partial charge in [-0.15, -0.1) is 6.58 Å². The molecular weight excluding hydrogens is 459 g/mol. The molecule has 1 aliphatic heterocycles. The minimum atomic E-state index is -2.96. The summed E-state index contributed by atoms with van der Waals surface area (Å²) in [6.07, 6.45) is 0.685. The van der Waals surface area contributed by atoms with E-state index in [-0.39, 0.29) is 29.1 Å². The molecule has 1 aliphatic rings. The van der Waals surface area contributed by atoms with Crippen LogP contribution in [0.3, 0.4) is 0 Å². The van der Waals surface area contributed by atoms with Gasteiger partial charge in [-0.05, 0) is 20.3 Å². The lowest BCUT2D eigenvalue weighted by atomic mass is 10.0. The second kappa shape index (κ2) is 9.52. The minimum absolute atomic E-state index is 0.00254. The van der Waals surface area contributed by atoms with E-state index >= 15 is 0 Å². The number of halogens is 3. The summed E-state index contributed by atoms with van der Waals surface area (Å²) in [6, 6.07) is 4.10. The molecule has 0 aliphatic carbocycles. The van der Waals surface area contributed by atoms with E-state index in [1.165, 1.54) is 31.2 Å². The molecule has 3 aromatic rings. The maximum atomic E-state index is 14.8. The number of hydrogen-bond acceptors (Lipinski definition) is 5. The van der Waals surface area contributed by atoms with Gasteiger partial charge in [0.1, 0.15) is 17.5 Å². The van der Waals surface area contributed by atoms with Crippen molar-refractivity contribution in [3.8, 4) is 0 Å². The van der Waals surface area contributed by atoms with Gasteiger partial charge in [0.15, 0.2) is 0 Å². The highest BCUT2D eigenvalue weighted by Crippen LogP contribution is 2.32. The quantitative estimate of drug-likeness (QED) is 0.512. The van der Waals surface area contributed by atoms with Gasteiger partial charge in [-0.1, -0.05) is 24.3 Å². The lowest BCUT2D eigenvalue weighted by Crippen LogP contribution is -2.32. The van der Waals surface area contributed by atoms with Crippen LogP contribution >= 0.6 is 0 Å². The molecule has 184 valence electrons. The smallest absolute Gasteiger partial charge is 0.266 e. The van der Waals surface area contributed by atoms with Gasteiger partial charge in [-0.25, -0.2) is 23.1 Å². The Kier molecular flexibility index (Phi) is 6.64. The van der Waals surface area contributed by atoms with Crippen molar-refractivity contribution in [1.82, 2.24) is 19.4 Å². The van der Waals surface area contributed by atoms with Gasteiger partial charge in [-0.3, -0.25) is 9.59 Å². The van der Waals surface area contributed by atoms with Gasteiger partial charge < -0.3 is 14.8 Å². The summed E-state index contributed by atoms with van der Waals surface area (Å²) in [5.74, 6) is -0.394. The Morgan fingerprint density at radius 3 is 2.63 bits per heavy atom. The number of fused-ring (bicyclic) bond motifs is 1. The van der Waals surface area contributed by atoms with E-state index in [1.54, 1.807) is 22.6 Å². The van der Waals surface area contributed by atoms with Crippen LogP contribution < -0.4 is 10.9 Å². The number of hydrogen-bond donors (Lipinski definition) is 1. The maximum Gasteiger partial charge on any atom is 0.266 e. The third kappa shape index (κ3) is 4.65. The van der Waals surface area contributed by atoms with Crippen LogP contribution in [-0.4, -0.2) is 37.9 Å². The van der Waals surface area contributed by atoms with Crippen molar-refractivity contribution in [2.75, 3.05) is 11.9 Å². The minimum Gasteiger partial charge on any atom is -0.359 e. The molecule has 0 radical (unpaired) electrons. The number of benzene rings is 1. The highest BCUT2D eigenvalue weighted by molar-refractivity contribution is 5.88. The van der Waals surface area contributed by atoms with Gasteiger partial charge in [0, 0.05) is 37.3 Å². The summed E-state index contributed by atoms with van der Waals surface area (Å²) in [5.41, 5.74) is -0.572. The molecule has 0 bridgehead atoms. The van der Waals surface area contributed by atoms with Gasteiger partial charge in [-0.2, -0.15) is 0 Å². The Hall–Kier alpha value is -3.69. The summed E-state index contributed by atoms with van der Waals surface area (Å²) in [6.45, 7) is 9.21. The van der Waals surface area contributed by atoms with E-state index in [0.717, 1.165) is 6.07 Å². The highest BCUT2D eigenvalue weighted by Gasteiger charge is 2.32. The summed E-state index contributed by atoms with van der Waals surface area (Å²) >= 11 is 0. The SMILES string of the molecule is C=C[C@@H](Nc1nc(C)nc2cc(=O)n([C@H]3C[C@@H](C)N(C(C)=O)C3)cc12)c1cccc(C(F)F)c1F. The molecular formula is C25H26F3N5O2. The van der Waals surface area contributed by atoms with Crippen LogP contribution in [0.2, 0.25) is 0 Å². The summed E-state index contributed by atoms with van der Waals surface area (Å²) in [4.78, 5) is 35.4. The number of carbonyl (C=O) groups excluding carboxylic acids is 1. The number of aromatic nitrogens is 3.